The predicted octanol–water partition coefficient (Wildman–Crippen LogP) is 4.29. The van der Waals surface area contributed by atoms with E-state index in [1.165, 1.54) is 11.3 Å². The molecule has 9 nitrogen and oxygen atoms in total. The summed E-state index contributed by atoms with van der Waals surface area (Å²) in [6, 6.07) is 11.5. The summed E-state index contributed by atoms with van der Waals surface area (Å²) in [4.78, 5) is 45.9. The van der Waals surface area contributed by atoms with Crippen molar-refractivity contribution in [3.63, 3.8) is 0 Å². The molecule has 1 aromatic heterocycles. The molecule has 0 bridgehead atoms. The van der Waals surface area contributed by atoms with Gasteiger partial charge < -0.3 is 26.0 Å². The van der Waals surface area contributed by atoms with Gasteiger partial charge in [0.25, 0.3) is 0 Å². The number of nitrogens with two attached hydrogens (primary N) is 1. The second kappa shape index (κ2) is 13.9. The van der Waals surface area contributed by atoms with E-state index in [1.807, 2.05) is 49.4 Å². The van der Waals surface area contributed by atoms with Crippen molar-refractivity contribution in [1.29, 1.82) is 0 Å². The summed E-state index contributed by atoms with van der Waals surface area (Å²) < 4.78 is 5.31. The summed E-state index contributed by atoms with van der Waals surface area (Å²) in [5.41, 5.74) is 8.45. The maximum absolute atomic E-state index is 13.5. The fourth-order valence-corrected chi connectivity index (χ4v) is 5.43. The zero-order valence-electron chi connectivity index (χ0n) is 22.4. The van der Waals surface area contributed by atoms with Crippen LogP contribution in [0.25, 0.3) is 6.08 Å². The van der Waals surface area contributed by atoms with Gasteiger partial charge >= 0.3 is 6.09 Å². The Labute approximate surface area is 233 Å². The van der Waals surface area contributed by atoms with E-state index in [1.54, 1.807) is 4.90 Å². The van der Waals surface area contributed by atoms with Crippen molar-refractivity contribution in [2.45, 2.75) is 64.5 Å². The molecule has 39 heavy (non-hydrogen) atoms. The smallest absolute Gasteiger partial charge is 0.407 e. The Kier molecular flexibility index (Phi) is 10.1. The van der Waals surface area contributed by atoms with E-state index >= 15 is 0 Å². The standard InChI is InChI=1S/C29H37N5O4S/c1-2-13-34(14-7-12-31-29(37)38-22-10-6-11-22)28(36)21-16-25-24(33-26(30)17-21)18-23(39-25)19-32-27(35)15-20-8-4-3-5-9-20/h3-5,8-9,16,18,22H,2,6-7,10-15,17,19H2,1H3,(H2,30,33)(H,31,37)(H,32,35). The van der Waals surface area contributed by atoms with Crippen LogP contribution in [-0.4, -0.2) is 54.4 Å². The molecule has 0 atom stereocenters. The van der Waals surface area contributed by atoms with E-state index in [0.717, 1.165) is 41.0 Å². The minimum absolute atomic E-state index is 0.0469. The highest BCUT2D eigenvalue weighted by Crippen LogP contribution is 2.35. The third-order valence-corrected chi connectivity index (χ3v) is 7.73. The topological polar surface area (TPSA) is 126 Å². The fourth-order valence-electron chi connectivity index (χ4n) is 4.42. The number of rotatable bonds is 12. The minimum atomic E-state index is -0.388. The van der Waals surface area contributed by atoms with Gasteiger partial charge in [-0.1, -0.05) is 37.3 Å². The molecule has 1 aromatic carbocycles. The zero-order valence-corrected chi connectivity index (χ0v) is 23.2. The number of aliphatic imine (C=N–C) groups is 1. The van der Waals surface area contributed by atoms with Crippen LogP contribution in [0, 0.1) is 0 Å². The maximum atomic E-state index is 13.5. The number of alkyl carbamates (subject to hydrolysis) is 1. The molecule has 4 N–H and O–H groups in total. The number of carbonyl (C=O) groups excluding carboxylic acids is 3. The first-order valence-electron chi connectivity index (χ1n) is 13.6. The average molecular weight is 552 g/mol. The van der Waals surface area contributed by atoms with Gasteiger partial charge in [0, 0.05) is 36.5 Å². The number of ether oxygens (including phenoxy) is 1. The first-order chi connectivity index (χ1) is 18.9. The third kappa shape index (κ3) is 8.41. The minimum Gasteiger partial charge on any atom is -0.446 e. The number of amides is 3. The molecule has 0 radical (unpaired) electrons. The Hall–Kier alpha value is -3.66. The molecule has 3 amide bonds. The quantitative estimate of drug-likeness (QED) is 0.339. The van der Waals surface area contributed by atoms with Crippen LogP contribution < -0.4 is 16.4 Å². The van der Waals surface area contributed by atoms with Crippen LogP contribution in [0.15, 0.2) is 47.0 Å². The monoisotopic (exact) mass is 551 g/mol. The molecule has 0 spiro atoms. The molecular formula is C29H37N5O4S. The molecule has 1 saturated carbocycles. The van der Waals surface area contributed by atoms with Crippen molar-refractivity contribution < 1.29 is 19.1 Å². The normalized spacial score (nSPS) is 14.7. The summed E-state index contributed by atoms with van der Waals surface area (Å²) >= 11 is 1.50. The molecule has 10 heteroatoms. The number of fused-ring (bicyclic) bond motifs is 1. The molecule has 0 saturated heterocycles. The molecule has 1 aliphatic carbocycles. The maximum Gasteiger partial charge on any atom is 0.407 e. The van der Waals surface area contributed by atoms with E-state index in [4.69, 9.17) is 10.5 Å². The molecule has 208 valence electrons. The molecule has 2 heterocycles. The second-order valence-corrected chi connectivity index (χ2v) is 11.0. The van der Waals surface area contributed by atoms with Gasteiger partial charge in [0.1, 0.15) is 11.9 Å². The van der Waals surface area contributed by atoms with Crippen LogP contribution in [0.5, 0.6) is 0 Å². The number of thiophene rings is 1. The lowest BCUT2D eigenvalue weighted by Gasteiger charge is -2.25. The third-order valence-electron chi connectivity index (χ3n) is 6.65. The Bertz CT molecular complexity index is 1220. The Balaban J connectivity index is 1.33. The van der Waals surface area contributed by atoms with Gasteiger partial charge in [0.15, 0.2) is 0 Å². The van der Waals surface area contributed by atoms with Crippen molar-refractivity contribution in [3.8, 4) is 0 Å². The van der Waals surface area contributed by atoms with Gasteiger partial charge in [-0.15, -0.1) is 11.3 Å². The summed E-state index contributed by atoms with van der Waals surface area (Å²) in [7, 11) is 0. The van der Waals surface area contributed by atoms with E-state index in [0.29, 0.717) is 56.1 Å². The number of hydrogen-bond donors (Lipinski definition) is 3. The number of hydrogen-bond acceptors (Lipinski definition) is 7. The Morgan fingerprint density at radius 2 is 1.95 bits per heavy atom. The average Bonchev–Trinajstić information content (AvgIpc) is 3.19. The van der Waals surface area contributed by atoms with Crippen LogP contribution in [0.4, 0.5) is 10.5 Å². The summed E-state index contributed by atoms with van der Waals surface area (Å²) in [6.45, 7) is 3.97. The van der Waals surface area contributed by atoms with E-state index in [2.05, 4.69) is 15.6 Å². The Morgan fingerprint density at radius 3 is 2.67 bits per heavy atom. The van der Waals surface area contributed by atoms with E-state index < -0.39 is 0 Å². The first-order valence-corrected chi connectivity index (χ1v) is 14.4. The van der Waals surface area contributed by atoms with Gasteiger partial charge in [0.2, 0.25) is 11.8 Å². The highest BCUT2D eigenvalue weighted by atomic mass is 32.1. The molecule has 0 unspecified atom stereocenters. The lowest BCUT2D eigenvalue weighted by Crippen LogP contribution is -2.37. The van der Waals surface area contributed by atoms with Crippen LogP contribution in [0.3, 0.4) is 0 Å². The van der Waals surface area contributed by atoms with Gasteiger partial charge in [-0.3, -0.25) is 9.59 Å². The van der Waals surface area contributed by atoms with Crippen LogP contribution >= 0.6 is 11.3 Å². The van der Waals surface area contributed by atoms with Crippen molar-refractivity contribution in [2.24, 2.45) is 10.7 Å². The van der Waals surface area contributed by atoms with Gasteiger partial charge in [-0.2, -0.15) is 0 Å². The first kappa shape index (κ1) is 28.4. The number of carbonyl (C=O) groups is 3. The molecule has 1 aliphatic heterocycles. The molecular weight excluding hydrogens is 514 g/mol. The van der Waals surface area contributed by atoms with Gasteiger partial charge in [-0.05, 0) is 49.8 Å². The molecule has 1 fully saturated rings. The Morgan fingerprint density at radius 1 is 1.15 bits per heavy atom. The van der Waals surface area contributed by atoms with Crippen LogP contribution in [0.2, 0.25) is 0 Å². The highest BCUT2D eigenvalue weighted by Gasteiger charge is 2.23. The number of nitrogens with zero attached hydrogens (tertiary/aromatic N) is 2. The van der Waals surface area contributed by atoms with Crippen LogP contribution in [-0.2, 0) is 27.3 Å². The second-order valence-electron chi connectivity index (χ2n) is 9.88. The lowest BCUT2D eigenvalue weighted by molar-refractivity contribution is -0.127. The number of amidine groups is 1. The van der Waals surface area contributed by atoms with Gasteiger partial charge in [-0.25, -0.2) is 9.79 Å². The fraction of sp³-hybridized carbons (Fsp3) is 0.448. The number of benzene rings is 1. The predicted molar refractivity (Wildman–Crippen MR) is 154 cm³/mol. The molecule has 4 rings (SSSR count). The number of nitrogens with one attached hydrogen (secondary N) is 2. The zero-order chi connectivity index (χ0) is 27.6. The van der Waals surface area contributed by atoms with Crippen molar-refractivity contribution in [1.82, 2.24) is 15.5 Å². The van der Waals surface area contributed by atoms with E-state index in [9.17, 15) is 14.4 Å². The lowest BCUT2D eigenvalue weighted by atomic mass is 9.96. The largest absolute Gasteiger partial charge is 0.446 e. The summed E-state index contributed by atoms with van der Waals surface area (Å²) in [5.74, 6) is 0.244. The van der Waals surface area contributed by atoms with Crippen LogP contribution in [0.1, 0.15) is 60.8 Å². The molecule has 2 aliphatic rings. The van der Waals surface area contributed by atoms with Crippen molar-refractivity contribution in [3.05, 3.63) is 57.3 Å². The van der Waals surface area contributed by atoms with E-state index in [-0.39, 0.29) is 30.4 Å². The summed E-state index contributed by atoms with van der Waals surface area (Å²) in [5, 5.41) is 5.75. The highest BCUT2D eigenvalue weighted by molar-refractivity contribution is 7.13. The van der Waals surface area contributed by atoms with Crippen molar-refractivity contribution >= 4 is 46.8 Å². The van der Waals surface area contributed by atoms with Crippen molar-refractivity contribution in [2.75, 3.05) is 19.6 Å². The summed E-state index contributed by atoms with van der Waals surface area (Å²) in [6.07, 6.45) is 6.54. The van der Waals surface area contributed by atoms with Gasteiger partial charge in [0.05, 0.1) is 23.5 Å². The molecule has 2 aromatic rings. The SMILES string of the molecule is CCCN(CCCNC(=O)OC1CCC1)C(=O)C1=Cc2sc(CNC(=O)Cc3ccccc3)cc2N=C(N)C1.